The van der Waals surface area contributed by atoms with Crippen LogP contribution in [0.25, 0.3) is 0 Å². The van der Waals surface area contributed by atoms with Gasteiger partial charge in [-0.1, -0.05) is 6.07 Å². The first-order valence-electron chi connectivity index (χ1n) is 8.73. The Morgan fingerprint density at radius 3 is 2.67 bits per heavy atom. The molecule has 2 aliphatic heterocycles. The highest BCUT2D eigenvalue weighted by Crippen LogP contribution is 2.36. The van der Waals surface area contributed by atoms with Gasteiger partial charge in [0.25, 0.3) is 0 Å². The molecule has 27 heavy (non-hydrogen) atoms. The first-order chi connectivity index (χ1) is 12.8. The smallest absolute Gasteiger partial charge is 0.407 e. The van der Waals surface area contributed by atoms with E-state index in [-0.39, 0.29) is 23.8 Å². The minimum Gasteiger partial charge on any atom is -0.491 e. The summed E-state index contributed by atoms with van der Waals surface area (Å²) in [5, 5.41) is 10.7. The Morgan fingerprint density at radius 2 is 2.04 bits per heavy atom. The first-order valence-corrected chi connectivity index (χ1v) is 8.73. The molecule has 2 aliphatic rings. The van der Waals surface area contributed by atoms with E-state index < -0.39 is 31.0 Å². The minimum absolute atomic E-state index is 0.139. The van der Waals surface area contributed by atoms with Gasteiger partial charge in [-0.15, -0.1) is 0 Å². The zero-order valence-electron chi connectivity index (χ0n) is 14.9. The van der Waals surface area contributed by atoms with E-state index in [0.29, 0.717) is 31.6 Å². The number of hydrogen-bond donors (Lipinski definition) is 1. The Morgan fingerprint density at radius 1 is 1.33 bits per heavy atom. The summed E-state index contributed by atoms with van der Waals surface area (Å²) in [6.07, 6.45) is -4.84. The van der Waals surface area contributed by atoms with Crippen LogP contribution in [0.4, 0.5) is 13.2 Å². The van der Waals surface area contributed by atoms with E-state index in [1.54, 1.807) is 0 Å². The number of aliphatic hydroxyl groups excluding tert-OH is 1. The summed E-state index contributed by atoms with van der Waals surface area (Å²) in [6.45, 7) is 0.0323. The van der Waals surface area contributed by atoms with Crippen LogP contribution in [0.5, 0.6) is 5.75 Å². The molecule has 2 heterocycles. The number of alkyl halides is 3. The third-order valence-electron chi connectivity index (χ3n) is 5.04. The second-order valence-corrected chi connectivity index (χ2v) is 6.72. The average Bonchev–Trinajstić information content (AvgIpc) is 2.86. The molecule has 1 unspecified atom stereocenters. The lowest BCUT2D eigenvalue weighted by Crippen LogP contribution is -2.54. The van der Waals surface area contributed by atoms with Crippen LogP contribution in [0, 0.1) is 5.92 Å². The van der Waals surface area contributed by atoms with Crippen molar-refractivity contribution in [1.29, 1.82) is 0 Å². The molecule has 0 radical (unpaired) electrons. The van der Waals surface area contributed by atoms with Gasteiger partial charge in [0.1, 0.15) is 24.6 Å². The Balaban J connectivity index is 1.90. The Bertz CT molecular complexity index is 675. The number of methoxy groups -OCH3 is 1. The Hall–Kier alpha value is -1.84. The quantitative estimate of drug-likeness (QED) is 0.801. The fraction of sp³-hybridized carbons (Fsp3) is 0.611. The fourth-order valence-electron chi connectivity index (χ4n) is 3.48. The molecule has 9 heteroatoms. The van der Waals surface area contributed by atoms with Gasteiger partial charge in [-0.2, -0.15) is 13.2 Å². The van der Waals surface area contributed by atoms with Gasteiger partial charge in [-0.3, -0.25) is 4.90 Å². The molecular weight excluding hydrogens is 367 g/mol. The molecule has 1 aromatic carbocycles. The van der Waals surface area contributed by atoms with Crippen LogP contribution in [0.1, 0.15) is 28.8 Å². The van der Waals surface area contributed by atoms with E-state index in [2.05, 4.69) is 4.74 Å². The Kier molecular flexibility index (Phi) is 5.92. The first kappa shape index (κ1) is 19.9. The average molecular weight is 389 g/mol. The predicted octanol–water partition coefficient (Wildman–Crippen LogP) is 2.34. The van der Waals surface area contributed by atoms with E-state index >= 15 is 0 Å². The van der Waals surface area contributed by atoms with Gasteiger partial charge in [0.15, 0.2) is 0 Å². The highest BCUT2D eigenvalue weighted by molar-refractivity contribution is 5.89. The van der Waals surface area contributed by atoms with Crippen molar-refractivity contribution in [2.24, 2.45) is 5.92 Å². The van der Waals surface area contributed by atoms with Crippen LogP contribution in [0.15, 0.2) is 18.2 Å². The van der Waals surface area contributed by atoms with Gasteiger partial charge in [0, 0.05) is 31.2 Å². The standard InChI is InChI=1S/C18H22F3NO5/c1-25-17(24)12-2-3-13-9-22(16(23)11-4-6-26-7-5-11)15(18(19,20)21)10-27-14(13)8-12/h2-3,8,11,15-16,23H,4-7,9-10H2,1H3/t15-,16?/m1/s1. The topological polar surface area (TPSA) is 68.2 Å². The normalized spacial score (nSPS) is 23.1. The number of hydrogen-bond acceptors (Lipinski definition) is 6. The van der Waals surface area contributed by atoms with Gasteiger partial charge in [-0.25, -0.2) is 4.79 Å². The number of rotatable bonds is 3. The highest BCUT2D eigenvalue weighted by atomic mass is 19.4. The molecule has 0 aliphatic carbocycles. The van der Waals surface area contributed by atoms with Gasteiger partial charge >= 0.3 is 12.1 Å². The van der Waals surface area contributed by atoms with Gasteiger partial charge in [-0.05, 0) is 25.0 Å². The summed E-state index contributed by atoms with van der Waals surface area (Å²) in [6, 6.07) is 2.42. The molecule has 1 fully saturated rings. The summed E-state index contributed by atoms with van der Waals surface area (Å²) < 4.78 is 56.2. The van der Waals surface area contributed by atoms with Gasteiger partial charge in [0.2, 0.25) is 0 Å². The molecular formula is C18H22F3NO5. The van der Waals surface area contributed by atoms with Crippen molar-refractivity contribution in [3.05, 3.63) is 29.3 Å². The molecule has 0 bridgehead atoms. The fourth-order valence-corrected chi connectivity index (χ4v) is 3.48. The summed E-state index contributed by atoms with van der Waals surface area (Å²) in [5.41, 5.74) is 0.666. The molecule has 0 aromatic heterocycles. The van der Waals surface area contributed by atoms with Crippen molar-refractivity contribution in [2.75, 3.05) is 26.9 Å². The van der Waals surface area contributed by atoms with Crippen molar-refractivity contribution in [3.63, 3.8) is 0 Å². The van der Waals surface area contributed by atoms with Crippen LogP contribution < -0.4 is 4.74 Å². The van der Waals surface area contributed by atoms with E-state index in [9.17, 15) is 23.1 Å². The monoisotopic (exact) mass is 389 g/mol. The van der Waals surface area contributed by atoms with E-state index in [1.165, 1.54) is 25.3 Å². The molecule has 6 nitrogen and oxygen atoms in total. The molecule has 3 rings (SSSR count). The van der Waals surface area contributed by atoms with Crippen LogP contribution in [0.2, 0.25) is 0 Å². The summed E-state index contributed by atoms with van der Waals surface area (Å²) in [7, 11) is 1.22. The lowest BCUT2D eigenvalue weighted by molar-refractivity contribution is -0.222. The summed E-state index contributed by atoms with van der Waals surface area (Å²) in [5.74, 6) is -0.717. The number of esters is 1. The molecule has 1 N–H and O–H groups in total. The highest BCUT2D eigenvalue weighted by Gasteiger charge is 2.48. The van der Waals surface area contributed by atoms with E-state index in [1.807, 2.05) is 0 Å². The number of ether oxygens (including phenoxy) is 3. The number of carbonyl (C=O) groups excluding carboxylic acids is 1. The van der Waals surface area contributed by atoms with E-state index in [4.69, 9.17) is 9.47 Å². The maximum atomic E-state index is 13.7. The number of nitrogens with zero attached hydrogens (tertiary/aromatic N) is 1. The van der Waals surface area contributed by atoms with Crippen LogP contribution in [0.3, 0.4) is 0 Å². The third kappa shape index (κ3) is 4.36. The Labute approximate surface area is 154 Å². The minimum atomic E-state index is -4.57. The van der Waals surface area contributed by atoms with Crippen molar-refractivity contribution in [1.82, 2.24) is 4.90 Å². The maximum absolute atomic E-state index is 13.7. The molecule has 1 saturated heterocycles. The van der Waals surface area contributed by atoms with Crippen molar-refractivity contribution in [3.8, 4) is 5.75 Å². The zero-order chi connectivity index (χ0) is 19.6. The third-order valence-corrected chi connectivity index (χ3v) is 5.04. The number of carbonyl (C=O) groups is 1. The van der Waals surface area contributed by atoms with E-state index in [0.717, 1.165) is 4.90 Å². The van der Waals surface area contributed by atoms with Crippen molar-refractivity contribution >= 4 is 5.97 Å². The summed E-state index contributed by atoms with van der Waals surface area (Å²) in [4.78, 5) is 12.7. The van der Waals surface area contributed by atoms with Gasteiger partial charge in [0.05, 0.1) is 12.7 Å². The van der Waals surface area contributed by atoms with Crippen LogP contribution >= 0.6 is 0 Å². The van der Waals surface area contributed by atoms with Gasteiger partial charge < -0.3 is 19.3 Å². The maximum Gasteiger partial charge on any atom is 0.407 e. The second kappa shape index (κ2) is 8.04. The number of fused-ring (bicyclic) bond motifs is 1. The molecule has 0 saturated carbocycles. The van der Waals surface area contributed by atoms with Crippen LogP contribution in [-0.2, 0) is 16.0 Å². The number of halogens is 3. The van der Waals surface area contributed by atoms with Crippen LogP contribution in [-0.4, -0.2) is 61.4 Å². The molecule has 150 valence electrons. The second-order valence-electron chi connectivity index (χ2n) is 6.72. The predicted molar refractivity (Wildman–Crippen MR) is 88.2 cm³/mol. The SMILES string of the molecule is COC(=O)c1ccc2c(c1)OC[C@H](C(F)(F)F)N(C(O)C1CCOCC1)C2. The zero-order valence-corrected chi connectivity index (χ0v) is 14.9. The lowest BCUT2D eigenvalue weighted by atomic mass is 9.96. The largest absolute Gasteiger partial charge is 0.491 e. The van der Waals surface area contributed by atoms with Crippen molar-refractivity contribution in [2.45, 2.75) is 37.8 Å². The number of benzene rings is 1. The molecule has 0 spiro atoms. The number of aliphatic hydroxyl groups is 1. The van der Waals surface area contributed by atoms with Crippen molar-refractivity contribution < 1.29 is 37.3 Å². The molecule has 1 aromatic rings. The lowest BCUT2D eigenvalue weighted by Gasteiger charge is -2.39. The molecule has 0 amide bonds. The summed E-state index contributed by atoms with van der Waals surface area (Å²) >= 11 is 0. The molecule has 2 atom stereocenters.